The van der Waals surface area contributed by atoms with Crippen molar-refractivity contribution in [2.75, 3.05) is 11.4 Å². The second-order valence-electron chi connectivity index (χ2n) is 4.93. The quantitative estimate of drug-likeness (QED) is 0.701. The maximum absolute atomic E-state index is 4.52. The van der Waals surface area contributed by atoms with Crippen LogP contribution in [0.25, 0.3) is 0 Å². The first-order valence-electron chi connectivity index (χ1n) is 7.30. The van der Waals surface area contributed by atoms with Gasteiger partial charge in [-0.05, 0) is 31.7 Å². The van der Waals surface area contributed by atoms with E-state index in [2.05, 4.69) is 42.6 Å². The van der Waals surface area contributed by atoms with Gasteiger partial charge in [0.05, 0.1) is 0 Å². The summed E-state index contributed by atoms with van der Waals surface area (Å²) in [6.45, 7) is 9.92. The fourth-order valence-corrected chi connectivity index (χ4v) is 2.10. The highest BCUT2D eigenvalue weighted by molar-refractivity contribution is 5.31. The van der Waals surface area contributed by atoms with Crippen molar-refractivity contribution in [1.82, 2.24) is 9.97 Å². The Morgan fingerprint density at radius 3 is 2.28 bits per heavy atom. The average Bonchev–Trinajstić information content (AvgIpc) is 2.40. The summed E-state index contributed by atoms with van der Waals surface area (Å²) in [6, 6.07) is 0.522. The highest BCUT2D eigenvalue weighted by Crippen LogP contribution is 2.15. The molecule has 0 radical (unpaired) electrons. The SMILES string of the molecule is CCCCN(c1ncc(CC)cn1)C(C)CCC. The van der Waals surface area contributed by atoms with Crippen molar-refractivity contribution in [3.63, 3.8) is 0 Å². The highest BCUT2D eigenvalue weighted by Gasteiger charge is 2.15. The van der Waals surface area contributed by atoms with Crippen LogP contribution in [0.5, 0.6) is 0 Å². The zero-order chi connectivity index (χ0) is 13.4. The van der Waals surface area contributed by atoms with Crippen molar-refractivity contribution in [1.29, 1.82) is 0 Å². The molecule has 0 aliphatic carbocycles. The zero-order valence-electron chi connectivity index (χ0n) is 12.3. The number of anilines is 1. The van der Waals surface area contributed by atoms with E-state index in [4.69, 9.17) is 0 Å². The lowest BCUT2D eigenvalue weighted by molar-refractivity contribution is 0.555. The van der Waals surface area contributed by atoms with Crippen LogP contribution in [0.3, 0.4) is 0 Å². The molecule has 0 spiro atoms. The van der Waals surface area contributed by atoms with E-state index < -0.39 is 0 Å². The molecule has 0 aromatic carbocycles. The summed E-state index contributed by atoms with van der Waals surface area (Å²) in [4.78, 5) is 11.4. The smallest absolute Gasteiger partial charge is 0.225 e. The molecule has 1 atom stereocenters. The van der Waals surface area contributed by atoms with Crippen molar-refractivity contribution >= 4 is 5.95 Å². The molecule has 1 aromatic rings. The number of aromatic nitrogens is 2. The van der Waals surface area contributed by atoms with Crippen molar-refractivity contribution in [2.45, 2.75) is 65.8 Å². The minimum Gasteiger partial charge on any atom is -0.338 e. The summed E-state index contributed by atoms with van der Waals surface area (Å²) in [5.41, 5.74) is 1.21. The molecule has 0 saturated heterocycles. The van der Waals surface area contributed by atoms with E-state index in [1.165, 1.54) is 31.2 Å². The van der Waals surface area contributed by atoms with Gasteiger partial charge in [-0.1, -0.05) is 33.6 Å². The van der Waals surface area contributed by atoms with Gasteiger partial charge in [0.25, 0.3) is 0 Å². The molecule has 1 heterocycles. The van der Waals surface area contributed by atoms with E-state index >= 15 is 0 Å². The predicted molar refractivity (Wildman–Crippen MR) is 78.0 cm³/mol. The lowest BCUT2D eigenvalue weighted by Gasteiger charge is -2.29. The zero-order valence-corrected chi connectivity index (χ0v) is 12.3. The van der Waals surface area contributed by atoms with Gasteiger partial charge in [-0.2, -0.15) is 0 Å². The first kappa shape index (κ1) is 14.9. The second-order valence-corrected chi connectivity index (χ2v) is 4.93. The summed E-state index contributed by atoms with van der Waals surface area (Å²) in [7, 11) is 0. The summed E-state index contributed by atoms with van der Waals surface area (Å²) in [5.74, 6) is 0.890. The van der Waals surface area contributed by atoms with Crippen LogP contribution in [-0.4, -0.2) is 22.6 Å². The molecule has 0 bridgehead atoms. The standard InChI is InChI=1S/C15H27N3/c1-5-8-10-18(13(4)9-6-2)15-16-11-14(7-3)12-17-15/h11-13H,5-10H2,1-4H3. The summed E-state index contributed by atoms with van der Waals surface area (Å²) in [6.07, 6.45) is 9.73. The number of nitrogens with zero attached hydrogens (tertiary/aromatic N) is 3. The van der Waals surface area contributed by atoms with E-state index in [1.54, 1.807) is 0 Å². The van der Waals surface area contributed by atoms with Crippen LogP contribution < -0.4 is 4.90 Å². The van der Waals surface area contributed by atoms with Gasteiger partial charge in [-0.25, -0.2) is 9.97 Å². The number of rotatable bonds is 8. The number of hydrogen-bond donors (Lipinski definition) is 0. The van der Waals surface area contributed by atoms with Crippen LogP contribution in [0.1, 0.15) is 58.9 Å². The third kappa shape index (κ3) is 4.28. The van der Waals surface area contributed by atoms with Gasteiger partial charge in [0.15, 0.2) is 0 Å². The molecule has 0 aliphatic heterocycles. The molecule has 0 saturated carbocycles. The number of unbranched alkanes of at least 4 members (excludes halogenated alkanes) is 1. The normalized spacial score (nSPS) is 12.4. The Balaban J connectivity index is 2.79. The maximum Gasteiger partial charge on any atom is 0.225 e. The first-order valence-corrected chi connectivity index (χ1v) is 7.30. The second kappa shape index (κ2) is 8.06. The lowest BCUT2D eigenvalue weighted by Crippen LogP contribution is -2.35. The van der Waals surface area contributed by atoms with Crippen LogP contribution in [0, 0.1) is 0 Å². The minimum absolute atomic E-state index is 0.522. The molecule has 0 aliphatic rings. The van der Waals surface area contributed by atoms with Gasteiger partial charge in [-0.3, -0.25) is 0 Å². The van der Waals surface area contributed by atoms with Gasteiger partial charge in [0.1, 0.15) is 0 Å². The van der Waals surface area contributed by atoms with Crippen molar-refractivity contribution in [2.24, 2.45) is 0 Å². The third-order valence-corrected chi connectivity index (χ3v) is 3.35. The van der Waals surface area contributed by atoms with Crippen molar-refractivity contribution in [3.05, 3.63) is 18.0 Å². The molecule has 0 fully saturated rings. The predicted octanol–water partition coefficient (Wildman–Crippen LogP) is 3.83. The largest absolute Gasteiger partial charge is 0.338 e. The van der Waals surface area contributed by atoms with Crippen LogP contribution in [0.15, 0.2) is 12.4 Å². The monoisotopic (exact) mass is 249 g/mol. The molecule has 18 heavy (non-hydrogen) atoms. The maximum atomic E-state index is 4.52. The molecular weight excluding hydrogens is 222 g/mol. The minimum atomic E-state index is 0.522. The van der Waals surface area contributed by atoms with E-state index in [1.807, 2.05) is 12.4 Å². The number of hydrogen-bond acceptors (Lipinski definition) is 3. The van der Waals surface area contributed by atoms with Crippen molar-refractivity contribution in [3.8, 4) is 0 Å². The van der Waals surface area contributed by atoms with E-state index in [9.17, 15) is 0 Å². The molecule has 3 heteroatoms. The molecule has 0 N–H and O–H groups in total. The summed E-state index contributed by atoms with van der Waals surface area (Å²) in [5, 5.41) is 0. The Hall–Kier alpha value is -1.12. The Labute approximate surface area is 112 Å². The lowest BCUT2D eigenvalue weighted by atomic mass is 10.1. The average molecular weight is 249 g/mol. The summed E-state index contributed by atoms with van der Waals surface area (Å²) >= 11 is 0. The summed E-state index contributed by atoms with van der Waals surface area (Å²) < 4.78 is 0. The van der Waals surface area contributed by atoms with Gasteiger partial charge in [-0.15, -0.1) is 0 Å². The van der Waals surface area contributed by atoms with E-state index in [0.29, 0.717) is 6.04 Å². The highest BCUT2D eigenvalue weighted by atomic mass is 15.3. The van der Waals surface area contributed by atoms with Crippen LogP contribution in [0.4, 0.5) is 5.95 Å². The van der Waals surface area contributed by atoms with Crippen molar-refractivity contribution < 1.29 is 0 Å². The van der Waals surface area contributed by atoms with Crippen LogP contribution >= 0.6 is 0 Å². The molecule has 0 amide bonds. The van der Waals surface area contributed by atoms with Gasteiger partial charge < -0.3 is 4.90 Å². The van der Waals surface area contributed by atoms with Gasteiger partial charge in [0.2, 0.25) is 5.95 Å². The van der Waals surface area contributed by atoms with Crippen LogP contribution in [-0.2, 0) is 6.42 Å². The first-order chi connectivity index (χ1) is 8.72. The Kier molecular flexibility index (Phi) is 6.69. The third-order valence-electron chi connectivity index (χ3n) is 3.35. The van der Waals surface area contributed by atoms with E-state index in [0.717, 1.165) is 18.9 Å². The Bertz CT molecular complexity index is 321. The van der Waals surface area contributed by atoms with Gasteiger partial charge in [0, 0.05) is 25.0 Å². The molecular formula is C15H27N3. The molecule has 3 nitrogen and oxygen atoms in total. The molecule has 102 valence electrons. The fourth-order valence-electron chi connectivity index (χ4n) is 2.10. The topological polar surface area (TPSA) is 29.0 Å². The molecule has 1 aromatic heterocycles. The Morgan fingerprint density at radius 2 is 1.78 bits per heavy atom. The fraction of sp³-hybridized carbons (Fsp3) is 0.733. The van der Waals surface area contributed by atoms with Gasteiger partial charge >= 0.3 is 0 Å². The molecule has 1 unspecified atom stereocenters. The van der Waals surface area contributed by atoms with E-state index in [-0.39, 0.29) is 0 Å². The Morgan fingerprint density at radius 1 is 1.11 bits per heavy atom. The van der Waals surface area contributed by atoms with Crippen LogP contribution in [0.2, 0.25) is 0 Å². The number of aryl methyl sites for hydroxylation is 1. The molecule has 1 rings (SSSR count).